The van der Waals surface area contributed by atoms with Crippen LogP contribution in [0.3, 0.4) is 0 Å². The zero-order chi connectivity index (χ0) is 9.68. The fourth-order valence-corrected chi connectivity index (χ4v) is 0.864. The summed E-state index contributed by atoms with van der Waals surface area (Å²) in [7, 11) is 0. The van der Waals surface area contributed by atoms with Crippen LogP contribution < -0.4 is 11.2 Å². The minimum atomic E-state index is -0.568. The molecule has 1 amide bonds. The van der Waals surface area contributed by atoms with E-state index in [4.69, 9.17) is 5.73 Å². The van der Waals surface area contributed by atoms with Gasteiger partial charge in [-0.15, -0.1) is 0 Å². The van der Waals surface area contributed by atoms with Crippen molar-refractivity contribution in [1.29, 1.82) is 0 Å². The quantitative estimate of drug-likeness (QED) is 0.531. The molecule has 0 heterocycles. The van der Waals surface area contributed by atoms with E-state index in [9.17, 15) is 4.79 Å². The van der Waals surface area contributed by atoms with Crippen molar-refractivity contribution >= 4 is 17.8 Å². The number of nitrogens with two attached hydrogens (primary N) is 1. The lowest BCUT2D eigenvalue weighted by Gasteiger charge is -2.02. The third kappa shape index (κ3) is 2.94. The number of benzene rings is 1. The van der Waals surface area contributed by atoms with Gasteiger partial charge in [-0.25, -0.2) is 0 Å². The van der Waals surface area contributed by atoms with Gasteiger partial charge in [0.25, 0.3) is 5.91 Å². The molecular formula is C9H11N3O. The average molecular weight is 177 g/mol. The number of rotatable bonds is 3. The van der Waals surface area contributed by atoms with Crippen molar-refractivity contribution in [3.8, 4) is 0 Å². The van der Waals surface area contributed by atoms with E-state index >= 15 is 0 Å². The van der Waals surface area contributed by atoms with E-state index < -0.39 is 5.91 Å². The fourth-order valence-electron chi connectivity index (χ4n) is 0.864. The number of anilines is 1. The molecule has 0 bridgehead atoms. The Balaban J connectivity index is 2.64. The van der Waals surface area contributed by atoms with Gasteiger partial charge in [0.1, 0.15) is 6.21 Å². The van der Waals surface area contributed by atoms with E-state index in [1.165, 1.54) is 0 Å². The van der Waals surface area contributed by atoms with Gasteiger partial charge in [-0.1, -0.05) is 18.2 Å². The van der Waals surface area contributed by atoms with E-state index in [1.807, 2.05) is 31.2 Å². The van der Waals surface area contributed by atoms with Crippen molar-refractivity contribution in [1.82, 2.24) is 0 Å². The number of aryl methyl sites for hydroxylation is 1. The Morgan fingerprint density at radius 3 is 2.85 bits per heavy atom. The normalized spacial score (nSPS) is 10.2. The zero-order valence-electron chi connectivity index (χ0n) is 7.32. The number of carbonyl (C=O) groups is 1. The highest BCUT2D eigenvalue weighted by atomic mass is 16.1. The predicted molar refractivity (Wildman–Crippen MR) is 52.5 cm³/mol. The lowest BCUT2D eigenvalue weighted by molar-refractivity contribution is -0.111. The maximum atomic E-state index is 10.3. The van der Waals surface area contributed by atoms with Crippen LogP contribution in [-0.2, 0) is 4.79 Å². The third-order valence-electron chi connectivity index (χ3n) is 1.52. The molecule has 1 rings (SSSR count). The summed E-state index contributed by atoms with van der Waals surface area (Å²) < 4.78 is 0. The van der Waals surface area contributed by atoms with Gasteiger partial charge in [0, 0.05) is 0 Å². The van der Waals surface area contributed by atoms with Gasteiger partial charge in [-0.3, -0.25) is 10.2 Å². The van der Waals surface area contributed by atoms with Crippen molar-refractivity contribution < 1.29 is 4.79 Å². The summed E-state index contributed by atoms with van der Waals surface area (Å²) in [6.45, 7) is 1.95. The molecule has 0 radical (unpaired) electrons. The highest BCUT2D eigenvalue weighted by Gasteiger charge is 1.92. The number of hydrogen-bond donors (Lipinski definition) is 2. The second kappa shape index (κ2) is 4.25. The van der Waals surface area contributed by atoms with Crippen LogP contribution in [0.4, 0.5) is 5.69 Å². The van der Waals surface area contributed by atoms with Crippen LogP contribution in [0.25, 0.3) is 0 Å². The molecule has 3 N–H and O–H groups in total. The molecule has 0 unspecified atom stereocenters. The lowest BCUT2D eigenvalue weighted by atomic mass is 10.2. The summed E-state index contributed by atoms with van der Waals surface area (Å²) in [4.78, 5) is 10.3. The molecular weight excluding hydrogens is 166 g/mol. The van der Waals surface area contributed by atoms with Gasteiger partial charge in [-0.2, -0.15) is 5.10 Å². The molecule has 0 aliphatic carbocycles. The number of hydrazone groups is 1. The maximum absolute atomic E-state index is 10.3. The summed E-state index contributed by atoms with van der Waals surface area (Å²) in [5.74, 6) is -0.568. The number of nitrogens with one attached hydrogen (secondary N) is 1. The van der Waals surface area contributed by atoms with E-state index in [0.717, 1.165) is 17.5 Å². The molecule has 0 aromatic heterocycles. The van der Waals surface area contributed by atoms with Gasteiger partial charge in [0.2, 0.25) is 0 Å². The number of para-hydroxylation sites is 1. The first kappa shape index (κ1) is 9.25. The first-order valence-electron chi connectivity index (χ1n) is 3.84. The minimum absolute atomic E-state index is 0.568. The highest BCUT2D eigenvalue weighted by molar-refractivity contribution is 6.25. The van der Waals surface area contributed by atoms with E-state index in [2.05, 4.69) is 10.5 Å². The number of primary amides is 1. The van der Waals surface area contributed by atoms with Crippen molar-refractivity contribution in [3.63, 3.8) is 0 Å². The molecule has 68 valence electrons. The molecule has 4 nitrogen and oxygen atoms in total. The molecule has 4 heteroatoms. The molecule has 1 aromatic rings. The second-order valence-corrected chi connectivity index (χ2v) is 2.59. The summed E-state index contributed by atoms with van der Waals surface area (Å²) in [5, 5.41) is 3.65. The van der Waals surface area contributed by atoms with Gasteiger partial charge >= 0.3 is 0 Å². The molecule has 13 heavy (non-hydrogen) atoms. The van der Waals surface area contributed by atoms with Gasteiger partial charge in [0.15, 0.2) is 0 Å². The predicted octanol–water partition coefficient (Wildman–Crippen LogP) is 0.878. The molecule has 0 fully saturated rings. The van der Waals surface area contributed by atoms with Crippen LogP contribution >= 0.6 is 0 Å². The number of nitrogens with zero attached hydrogens (tertiary/aromatic N) is 1. The van der Waals surface area contributed by atoms with Crippen molar-refractivity contribution in [2.75, 3.05) is 5.43 Å². The SMILES string of the molecule is Cc1ccccc1N/N=C/C(N)=O. The fraction of sp³-hybridized carbons (Fsp3) is 0.111. The van der Waals surface area contributed by atoms with Gasteiger partial charge in [0.05, 0.1) is 5.69 Å². The van der Waals surface area contributed by atoms with Crippen LogP contribution in [0, 0.1) is 6.92 Å². The first-order valence-corrected chi connectivity index (χ1v) is 3.84. The van der Waals surface area contributed by atoms with Gasteiger partial charge < -0.3 is 5.73 Å². The molecule has 0 aliphatic heterocycles. The lowest BCUT2D eigenvalue weighted by Crippen LogP contribution is -2.12. The molecule has 0 atom stereocenters. The Kier molecular flexibility index (Phi) is 3.03. The highest BCUT2D eigenvalue weighted by Crippen LogP contribution is 2.12. The average Bonchev–Trinajstić information content (AvgIpc) is 2.08. The maximum Gasteiger partial charge on any atom is 0.261 e. The molecule has 0 saturated heterocycles. The van der Waals surface area contributed by atoms with Crippen LogP contribution in [0.2, 0.25) is 0 Å². The summed E-state index contributed by atoms with van der Waals surface area (Å²) in [5.41, 5.74) is 9.50. The Morgan fingerprint density at radius 2 is 2.23 bits per heavy atom. The largest absolute Gasteiger partial charge is 0.365 e. The second-order valence-electron chi connectivity index (χ2n) is 2.59. The molecule has 0 aliphatic rings. The summed E-state index contributed by atoms with van der Waals surface area (Å²) >= 11 is 0. The topological polar surface area (TPSA) is 67.5 Å². The summed E-state index contributed by atoms with van der Waals surface area (Å²) in [6, 6.07) is 7.63. The Morgan fingerprint density at radius 1 is 1.54 bits per heavy atom. The van der Waals surface area contributed by atoms with E-state index in [1.54, 1.807) is 0 Å². The number of hydrogen-bond acceptors (Lipinski definition) is 3. The van der Waals surface area contributed by atoms with Crippen LogP contribution in [0.1, 0.15) is 5.56 Å². The van der Waals surface area contributed by atoms with Crippen molar-refractivity contribution in [3.05, 3.63) is 29.8 Å². The first-order chi connectivity index (χ1) is 6.20. The Hall–Kier alpha value is -1.84. The minimum Gasteiger partial charge on any atom is -0.365 e. The Labute approximate surface area is 76.4 Å². The standard InChI is InChI=1S/C9H11N3O/c1-7-4-2-3-5-8(7)12-11-6-9(10)13/h2-6,12H,1H3,(H2,10,13)/b11-6+. The number of amides is 1. The van der Waals surface area contributed by atoms with Crippen LogP contribution in [-0.4, -0.2) is 12.1 Å². The van der Waals surface area contributed by atoms with Crippen molar-refractivity contribution in [2.45, 2.75) is 6.92 Å². The zero-order valence-corrected chi connectivity index (χ0v) is 7.32. The molecule has 1 aromatic carbocycles. The smallest absolute Gasteiger partial charge is 0.261 e. The van der Waals surface area contributed by atoms with E-state index in [-0.39, 0.29) is 0 Å². The van der Waals surface area contributed by atoms with E-state index in [0.29, 0.717) is 0 Å². The monoisotopic (exact) mass is 177 g/mol. The third-order valence-corrected chi connectivity index (χ3v) is 1.52. The molecule has 0 saturated carbocycles. The summed E-state index contributed by atoms with van der Waals surface area (Å²) in [6.07, 6.45) is 1.03. The van der Waals surface area contributed by atoms with Gasteiger partial charge in [-0.05, 0) is 18.6 Å². The van der Waals surface area contributed by atoms with Crippen molar-refractivity contribution in [2.24, 2.45) is 10.8 Å². The molecule has 0 spiro atoms. The van der Waals surface area contributed by atoms with Crippen LogP contribution in [0.15, 0.2) is 29.4 Å². The van der Waals surface area contributed by atoms with Crippen LogP contribution in [0.5, 0.6) is 0 Å². The Bertz CT molecular complexity index is 333. The number of carbonyl (C=O) groups excluding carboxylic acids is 1.